The Morgan fingerprint density at radius 1 is 1.70 bits per heavy atom. The van der Waals surface area contributed by atoms with E-state index >= 15 is 0 Å². The summed E-state index contributed by atoms with van der Waals surface area (Å²) in [5.41, 5.74) is 4.94. The van der Waals surface area contributed by atoms with E-state index < -0.39 is 19.1 Å². The first-order valence-electron chi connectivity index (χ1n) is 2.77. The number of ether oxygens (including phenoxy) is 1. The van der Waals surface area contributed by atoms with Gasteiger partial charge >= 0.3 is 0 Å². The average molecular weight is 152 g/mol. The predicted octanol–water partition coefficient (Wildman–Crippen LogP) is 0.593. The van der Waals surface area contributed by atoms with Gasteiger partial charge in [0.15, 0.2) is 0 Å². The van der Waals surface area contributed by atoms with Crippen molar-refractivity contribution in [3.05, 3.63) is 0 Å². The van der Waals surface area contributed by atoms with E-state index in [0.717, 1.165) is 0 Å². The maximum atomic E-state index is 11.4. The molecular formula is C5H10F2N2O. The fourth-order valence-electron chi connectivity index (χ4n) is 0.307. The highest BCUT2D eigenvalue weighted by Gasteiger charge is 2.08. The van der Waals surface area contributed by atoms with E-state index in [9.17, 15) is 8.78 Å². The second-order valence-corrected chi connectivity index (χ2v) is 1.82. The predicted molar refractivity (Wildman–Crippen MR) is 33.3 cm³/mol. The van der Waals surface area contributed by atoms with Crippen LogP contribution >= 0.6 is 0 Å². The van der Waals surface area contributed by atoms with E-state index in [1.54, 1.807) is 0 Å². The van der Waals surface area contributed by atoms with Crippen molar-refractivity contribution in [3.8, 4) is 0 Å². The van der Waals surface area contributed by atoms with Crippen LogP contribution in [-0.4, -0.2) is 25.0 Å². The first-order chi connectivity index (χ1) is 4.54. The smallest absolute Gasteiger partial charge is 0.261 e. The van der Waals surface area contributed by atoms with E-state index in [1.165, 1.54) is 6.92 Å². The number of alkyl halides is 2. The molecule has 1 unspecified atom stereocenters. The Labute approximate surface area is 57.7 Å². The fraction of sp³-hybridized carbons (Fsp3) is 0.800. The van der Waals surface area contributed by atoms with Gasteiger partial charge < -0.3 is 10.5 Å². The van der Waals surface area contributed by atoms with Crippen LogP contribution in [0.1, 0.15) is 6.92 Å². The molecule has 0 aromatic carbocycles. The monoisotopic (exact) mass is 152 g/mol. The van der Waals surface area contributed by atoms with Crippen LogP contribution in [0.2, 0.25) is 0 Å². The maximum absolute atomic E-state index is 11.4. The van der Waals surface area contributed by atoms with Crippen molar-refractivity contribution in [1.82, 2.24) is 0 Å². The van der Waals surface area contributed by atoms with E-state index in [4.69, 9.17) is 11.1 Å². The summed E-state index contributed by atoms with van der Waals surface area (Å²) in [5, 5.41) is 6.75. The standard InChI is InChI=1S/C5H10F2N2O/c1-3(5(8)9)10-2-4(6)7/h3-4H,2H2,1H3,(H3,8,9). The summed E-state index contributed by atoms with van der Waals surface area (Å²) >= 11 is 0. The number of rotatable bonds is 4. The third-order valence-electron chi connectivity index (χ3n) is 0.910. The lowest BCUT2D eigenvalue weighted by Gasteiger charge is -2.09. The van der Waals surface area contributed by atoms with Gasteiger partial charge in [-0.05, 0) is 6.92 Å². The van der Waals surface area contributed by atoms with Crippen LogP contribution in [0.3, 0.4) is 0 Å². The summed E-state index contributed by atoms with van der Waals surface area (Å²) in [4.78, 5) is 0. The molecule has 0 bridgehead atoms. The van der Waals surface area contributed by atoms with Gasteiger partial charge in [-0.25, -0.2) is 8.78 Å². The molecule has 0 aliphatic rings. The summed E-state index contributed by atoms with van der Waals surface area (Å²) in [7, 11) is 0. The summed E-state index contributed by atoms with van der Waals surface area (Å²) < 4.78 is 27.3. The third kappa shape index (κ3) is 4.20. The van der Waals surface area contributed by atoms with Crippen LogP contribution < -0.4 is 5.73 Å². The van der Waals surface area contributed by atoms with E-state index in [-0.39, 0.29) is 5.84 Å². The molecule has 0 aromatic rings. The fourth-order valence-corrected chi connectivity index (χ4v) is 0.307. The van der Waals surface area contributed by atoms with Gasteiger partial charge in [-0.1, -0.05) is 0 Å². The molecular weight excluding hydrogens is 142 g/mol. The molecule has 10 heavy (non-hydrogen) atoms. The molecule has 0 spiro atoms. The summed E-state index contributed by atoms with van der Waals surface area (Å²) in [6, 6.07) is 0. The largest absolute Gasteiger partial charge is 0.385 e. The highest BCUT2D eigenvalue weighted by molar-refractivity contribution is 5.81. The highest BCUT2D eigenvalue weighted by atomic mass is 19.3. The average Bonchev–Trinajstić information content (AvgIpc) is 1.82. The van der Waals surface area contributed by atoms with Crippen LogP contribution in [0.5, 0.6) is 0 Å². The van der Waals surface area contributed by atoms with E-state index in [2.05, 4.69) is 4.74 Å². The summed E-state index contributed by atoms with van der Waals surface area (Å²) in [6.07, 6.45) is -3.21. The molecule has 0 rings (SSSR count). The number of nitrogens with one attached hydrogen (secondary N) is 1. The molecule has 5 heteroatoms. The number of nitrogens with two attached hydrogens (primary N) is 1. The van der Waals surface area contributed by atoms with Crippen molar-refractivity contribution in [1.29, 1.82) is 5.41 Å². The Kier molecular flexibility index (Phi) is 3.87. The normalized spacial score (nSPS) is 13.6. The van der Waals surface area contributed by atoms with Gasteiger partial charge in [-0.2, -0.15) is 0 Å². The van der Waals surface area contributed by atoms with Gasteiger partial charge in [0.05, 0.1) is 0 Å². The van der Waals surface area contributed by atoms with Crippen LogP contribution in [0.15, 0.2) is 0 Å². The zero-order valence-electron chi connectivity index (χ0n) is 5.60. The minimum atomic E-state index is -2.50. The van der Waals surface area contributed by atoms with Crippen LogP contribution in [0, 0.1) is 5.41 Å². The lowest BCUT2D eigenvalue weighted by molar-refractivity contribution is 0.00463. The lowest BCUT2D eigenvalue weighted by Crippen LogP contribution is -2.29. The van der Waals surface area contributed by atoms with Crippen molar-refractivity contribution in [3.63, 3.8) is 0 Å². The molecule has 0 aliphatic carbocycles. The van der Waals surface area contributed by atoms with Gasteiger partial charge in [-0.15, -0.1) is 0 Å². The molecule has 0 heterocycles. The molecule has 3 nitrogen and oxygen atoms in total. The van der Waals surface area contributed by atoms with Crippen LogP contribution in [0.25, 0.3) is 0 Å². The first-order valence-corrected chi connectivity index (χ1v) is 2.77. The maximum Gasteiger partial charge on any atom is 0.261 e. The quantitative estimate of drug-likeness (QED) is 0.457. The molecule has 0 aromatic heterocycles. The highest BCUT2D eigenvalue weighted by Crippen LogP contribution is 1.96. The second kappa shape index (κ2) is 4.16. The Morgan fingerprint density at radius 3 is 2.50 bits per heavy atom. The van der Waals surface area contributed by atoms with Crippen molar-refractivity contribution in [2.45, 2.75) is 19.5 Å². The van der Waals surface area contributed by atoms with Crippen molar-refractivity contribution < 1.29 is 13.5 Å². The van der Waals surface area contributed by atoms with Crippen LogP contribution in [-0.2, 0) is 4.74 Å². The first kappa shape index (κ1) is 9.29. The Morgan fingerprint density at radius 2 is 2.20 bits per heavy atom. The second-order valence-electron chi connectivity index (χ2n) is 1.82. The molecule has 0 fully saturated rings. The summed E-state index contributed by atoms with van der Waals surface area (Å²) in [5.74, 6) is -0.236. The third-order valence-corrected chi connectivity index (χ3v) is 0.910. The number of halogens is 2. The van der Waals surface area contributed by atoms with Crippen molar-refractivity contribution >= 4 is 5.84 Å². The van der Waals surface area contributed by atoms with Gasteiger partial charge in [0.1, 0.15) is 18.5 Å². The lowest BCUT2D eigenvalue weighted by atomic mass is 10.4. The number of hydrogen-bond acceptors (Lipinski definition) is 2. The molecule has 0 saturated heterocycles. The van der Waals surface area contributed by atoms with Crippen molar-refractivity contribution in [2.75, 3.05) is 6.61 Å². The minimum absolute atomic E-state index is 0.236. The number of amidine groups is 1. The number of hydrogen-bond donors (Lipinski definition) is 2. The topological polar surface area (TPSA) is 59.1 Å². The van der Waals surface area contributed by atoms with Crippen molar-refractivity contribution in [2.24, 2.45) is 5.73 Å². The Balaban J connectivity index is 3.40. The van der Waals surface area contributed by atoms with E-state index in [0.29, 0.717) is 0 Å². The molecule has 0 aliphatic heterocycles. The van der Waals surface area contributed by atoms with Gasteiger partial charge in [0, 0.05) is 0 Å². The van der Waals surface area contributed by atoms with E-state index in [1.807, 2.05) is 0 Å². The molecule has 0 amide bonds. The Hall–Kier alpha value is -0.710. The van der Waals surface area contributed by atoms with Gasteiger partial charge in [-0.3, -0.25) is 5.41 Å². The zero-order chi connectivity index (χ0) is 8.15. The molecule has 3 N–H and O–H groups in total. The Bertz CT molecular complexity index is 118. The summed E-state index contributed by atoms with van der Waals surface area (Å²) in [6.45, 7) is 0.783. The molecule has 0 radical (unpaired) electrons. The minimum Gasteiger partial charge on any atom is -0.385 e. The van der Waals surface area contributed by atoms with Gasteiger partial charge in [0.2, 0.25) is 0 Å². The molecule has 60 valence electrons. The molecule has 0 saturated carbocycles. The van der Waals surface area contributed by atoms with Crippen LogP contribution in [0.4, 0.5) is 8.78 Å². The van der Waals surface area contributed by atoms with Gasteiger partial charge in [0.25, 0.3) is 6.43 Å². The zero-order valence-corrected chi connectivity index (χ0v) is 5.60. The SMILES string of the molecule is CC(OCC(F)F)C(=N)N. The molecule has 1 atom stereocenters.